The summed E-state index contributed by atoms with van der Waals surface area (Å²) >= 11 is 12.4. The van der Waals surface area contributed by atoms with Gasteiger partial charge in [-0.1, -0.05) is 89.4 Å². The van der Waals surface area contributed by atoms with Gasteiger partial charge in [0.15, 0.2) is 0 Å². The number of likely N-dealkylation sites (N-methyl/N-ethyl adjacent to an activating group) is 1. The monoisotopic (exact) mass is 655 g/mol. The van der Waals surface area contributed by atoms with Crippen molar-refractivity contribution < 1.29 is 22.4 Å². The van der Waals surface area contributed by atoms with Crippen molar-refractivity contribution in [1.29, 1.82) is 0 Å². The summed E-state index contributed by atoms with van der Waals surface area (Å²) in [6.07, 6.45) is 0.143. The third-order valence-electron chi connectivity index (χ3n) is 6.97. The van der Waals surface area contributed by atoms with Gasteiger partial charge in [-0.2, -0.15) is 0 Å². The van der Waals surface area contributed by atoms with Crippen LogP contribution >= 0.6 is 23.2 Å². The highest BCUT2D eigenvalue weighted by Crippen LogP contribution is 2.28. The van der Waals surface area contributed by atoms with E-state index >= 15 is 4.39 Å². The topological polar surface area (TPSA) is 86.8 Å². The van der Waals surface area contributed by atoms with Gasteiger partial charge in [0.25, 0.3) is 10.0 Å². The molecule has 0 aliphatic rings. The summed E-state index contributed by atoms with van der Waals surface area (Å²) in [5, 5.41) is 3.36. The number of halogens is 3. The van der Waals surface area contributed by atoms with Crippen molar-refractivity contribution in [2.45, 2.75) is 37.8 Å². The van der Waals surface area contributed by atoms with Gasteiger partial charge >= 0.3 is 0 Å². The Morgan fingerprint density at radius 3 is 2.16 bits per heavy atom. The van der Waals surface area contributed by atoms with Gasteiger partial charge < -0.3 is 10.2 Å². The SMILES string of the molecule is CCNC(=O)C(Cc1ccccc1)N(Cc1ccc(Cl)c(Cl)c1)C(=O)CN(c1ccccc1F)S(=O)(=O)c1ccc(C)cc1. The first-order chi connectivity index (χ1) is 21.0. The zero-order chi connectivity index (χ0) is 31.9. The lowest BCUT2D eigenvalue weighted by atomic mass is 10.0. The third-order valence-corrected chi connectivity index (χ3v) is 9.48. The van der Waals surface area contributed by atoms with Gasteiger partial charge in [0.1, 0.15) is 18.4 Å². The van der Waals surface area contributed by atoms with E-state index in [1.54, 1.807) is 37.3 Å². The Morgan fingerprint density at radius 1 is 0.864 bits per heavy atom. The highest BCUT2D eigenvalue weighted by Gasteiger charge is 2.35. The minimum Gasteiger partial charge on any atom is -0.355 e. The summed E-state index contributed by atoms with van der Waals surface area (Å²) in [4.78, 5) is 29.0. The molecule has 0 fully saturated rings. The summed E-state index contributed by atoms with van der Waals surface area (Å²) in [6.45, 7) is 3.01. The molecular weight excluding hydrogens is 624 g/mol. The van der Waals surface area contributed by atoms with Crippen LogP contribution in [0.2, 0.25) is 10.0 Å². The van der Waals surface area contributed by atoms with Crippen LogP contribution in [0.4, 0.5) is 10.1 Å². The standard InChI is InChI=1S/C33H32Cl2FN3O4S/c1-3-37-33(41)31(20-24-9-5-4-6-10-24)38(21-25-15-18-27(34)28(35)19-25)32(40)22-39(30-12-8-7-11-29(30)36)44(42,43)26-16-13-23(2)14-17-26/h4-19,31H,3,20-22H2,1-2H3,(H,37,41). The van der Waals surface area contributed by atoms with Crippen molar-refractivity contribution >= 4 is 50.7 Å². The molecule has 0 aromatic heterocycles. The smallest absolute Gasteiger partial charge is 0.264 e. The van der Waals surface area contributed by atoms with Gasteiger partial charge in [-0.05, 0) is 61.4 Å². The molecule has 11 heteroatoms. The molecule has 0 aliphatic carbocycles. The van der Waals surface area contributed by atoms with Gasteiger partial charge in [0.05, 0.1) is 20.6 Å². The highest BCUT2D eigenvalue weighted by atomic mass is 35.5. The highest BCUT2D eigenvalue weighted by molar-refractivity contribution is 7.92. The predicted octanol–water partition coefficient (Wildman–Crippen LogP) is 6.41. The number of rotatable bonds is 12. The van der Waals surface area contributed by atoms with Gasteiger partial charge in [0, 0.05) is 19.5 Å². The Kier molecular flexibility index (Phi) is 11.0. The molecule has 0 spiro atoms. The van der Waals surface area contributed by atoms with Crippen LogP contribution in [0, 0.1) is 12.7 Å². The van der Waals surface area contributed by atoms with Crippen LogP contribution in [0.15, 0.2) is 102 Å². The predicted molar refractivity (Wildman–Crippen MR) is 172 cm³/mol. The minimum absolute atomic E-state index is 0.0972. The minimum atomic E-state index is -4.42. The maximum Gasteiger partial charge on any atom is 0.264 e. The first-order valence-corrected chi connectivity index (χ1v) is 16.1. The number of aryl methyl sites for hydroxylation is 1. The number of nitrogens with one attached hydrogen (secondary N) is 1. The van der Waals surface area contributed by atoms with Crippen LogP contribution in [-0.4, -0.2) is 44.3 Å². The molecule has 0 saturated heterocycles. The van der Waals surface area contributed by atoms with E-state index in [1.165, 1.54) is 35.2 Å². The molecule has 4 rings (SSSR count). The lowest BCUT2D eigenvalue weighted by Crippen LogP contribution is -2.53. The molecule has 4 aromatic carbocycles. The van der Waals surface area contributed by atoms with E-state index in [-0.39, 0.29) is 28.6 Å². The van der Waals surface area contributed by atoms with E-state index in [0.29, 0.717) is 17.1 Å². The molecule has 4 aromatic rings. The first kappa shape index (κ1) is 33.0. The molecule has 0 bridgehead atoms. The Hall–Kier alpha value is -3.92. The summed E-state index contributed by atoms with van der Waals surface area (Å²) in [7, 11) is -4.42. The molecule has 7 nitrogen and oxygen atoms in total. The van der Waals surface area contributed by atoms with E-state index in [1.807, 2.05) is 37.3 Å². The van der Waals surface area contributed by atoms with E-state index in [2.05, 4.69) is 5.32 Å². The van der Waals surface area contributed by atoms with E-state index in [0.717, 1.165) is 21.5 Å². The van der Waals surface area contributed by atoms with Gasteiger partial charge in [-0.25, -0.2) is 12.8 Å². The fourth-order valence-electron chi connectivity index (χ4n) is 4.69. The molecule has 0 radical (unpaired) electrons. The van der Waals surface area contributed by atoms with E-state index in [9.17, 15) is 18.0 Å². The maximum atomic E-state index is 15.2. The first-order valence-electron chi connectivity index (χ1n) is 13.9. The number of nitrogens with zero attached hydrogens (tertiary/aromatic N) is 2. The number of hydrogen-bond donors (Lipinski definition) is 1. The molecule has 0 heterocycles. The number of sulfonamides is 1. The number of carbonyl (C=O) groups is 2. The molecule has 1 atom stereocenters. The van der Waals surface area contributed by atoms with Gasteiger partial charge in [-0.15, -0.1) is 0 Å². The van der Waals surface area contributed by atoms with Crippen LogP contribution in [-0.2, 0) is 32.6 Å². The van der Waals surface area contributed by atoms with Crippen molar-refractivity contribution in [3.8, 4) is 0 Å². The van der Waals surface area contributed by atoms with Crippen molar-refractivity contribution in [2.24, 2.45) is 0 Å². The Balaban J connectivity index is 1.82. The Bertz CT molecular complexity index is 1720. The fraction of sp³-hybridized carbons (Fsp3) is 0.212. The van der Waals surface area contributed by atoms with Crippen molar-refractivity contribution in [2.75, 3.05) is 17.4 Å². The van der Waals surface area contributed by atoms with Crippen LogP contribution < -0.4 is 9.62 Å². The molecule has 2 amide bonds. The maximum absolute atomic E-state index is 15.2. The van der Waals surface area contributed by atoms with Crippen LogP contribution in [0.3, 0.4) is 0 Å². The van der Waals surface area contributed by atoms with Crippen LogP contribution in [0.25, 0.3) is 0 Å². The number of benzene rings is 4. The summed E-state index contributed by atoms with van der Waals surface area (Å²) in [5.41, 5.74) is 1.88. The molecule has 44 heavy (non-hydrogen) atoms. The Labute approximate surface area is 267 Å². The fourth-order valence-corrected chi connectivity index (χ4v) is 6.43. The average molecular weight is 657 g/mol. The molecular formula is C33H32Cl2FN3O4S. The second-order valence-electron chi connectivity index (χ2n) is 10.1. The number of hydrogen-bond acceptors (Lipinski definition) is 4. The van der Waals surface area contributed by atoms with Crippen LogP contribution in [0.1, 0.15) is 23.6 Å². The lowest BCUT2D eigenvalue weighted by Gasteiger charge is -2.34. The van der Waals surface area contributed by atoms with Crippen LogP contribution in [0.5, 0.6) is 0 Å². The molecule has 0 aliphatic heterocycles. The normalized spacial score (nSPS) is 11.9. The lowest BCUT2D eigenvalue weighted by molar-refractivity contribution is -0.140. The van der Waals surface area contributed by atoms with E-state index in [4.69, 9.17) is 23.2 Å². The third kappa shape index (κ3) is 7.96. The van der Waals surface area contributed by atoms with Crippen molar-refractivity contribution in [3.63, 3.8) is 0 Å². The van der Waals surface area contributed by atoms with E-state index < -0.39 is 40.2 Å². The molecule has 0 saturated carbocycles. The quantitative estimate of drug-likeness (QED) is 0.191. The second-order valence-corrected chi connectivity index (χ2v) is 12.8. The number of anilines is 1. The van der Waals surface area contributed by atoms with Gasteiger partial charge in [-0.3, -0.25) is 13.9 Å². The van der Waals surface area contributed by atoms with Gasteiger partial charge in [0.2, 0.25) is 11.8 Å². The molecule has 1 unspecified atom stereocenters. The zero-order valence-corrected chi connectivity index (χ0v) is 26.5. The number of carbonyl (C=O) groups excluding carboxylic acids is 2. The summed E-state index contributed by atoms with van der Waals surface area (Å²) in [5.74, 6) is -1.97. The molecule has 230 valence electrons. The second kappa shape index (κ2) is 14.7. The number of para-hydroxylation sites is 1. The Morgan fingerprint density at radius 2 is 1.52 bits per heavy atom. The summed E-state index contributed by atoms with van der Waals surface area (Å²) < 4.78 is 43.9. The average Bonchev–Trinajstić information content (AvgIpc) is 3.00. The molecule has 1 N–H and O–H groups in total. The largest absolute Gasteiger partial charge is 0.355 e. The zero-order valence-electron chi connectivity index (χ0n) is 24.2. The summed E-state index contributed by atoms with van der Waals surface area (Å²) in [6, 6.07) is 24.3. The van der Waals surface area contributed by atoms with Crippen molar-refractivity contribution in [3.05, 3.63) is 130 Å². The number of amides is 2. The van der Waals surface area contributed by atoms with Crippen molar-refractivity contribution in [1.82, 2.24) is 10.2 Å².